The van der Waals surface area contributed by atoms with E-state index in [1.807, 2.05) is 24.3 Å². The van der Waals surface area contributed by atoms with Crippen molar-refractivity contribution in [1.29, 1.82) is 0 Å². The monoisotopic (exact) mass is 289 g/mol. The van der Waals surface area contributed by atoms with Gasteiger partial charge in [-0.25, -0.2) is 0 Å². The molecule has 0 aliphatic heterocycles. The Kier molecular flexibility index (Phi) is 2.70. The van der Waals surface area contributed by atoms with E-state index in [0.29, 0.717) is 12.8 Å². The van der Waals surface area contributed by atoms with Crippen molar-refractivity contribution in [1.82, 2.24) is 4.98 Å². The number of aromatic nitrogens is 1. The molecule has 4 heteroatoms. The molecule has 1 aliphatic rings. The molecular formula is C13H12AsNO2. The first-order valence-corrected chi connectivity index (χ1v) is 6.57. The van der Waals surface area contributed by atoms with Gasteiger partial charge in [-0.1, -0.05) is 0 Å². The van der Waals surface area contributed by atoms with Crippen LogP contribution >= 0.6 is 0 Å². The van der Waals surface area contributed by atoms with Gasteiger partial charge >= 0.3 is 108 Å². The molecule has 0 saturated carbocycles. The van der Waals surface area contributed by atoms with Crippen LogP contribution in [-0.4, -0.2) is 38.2 Å². The quantitative estimate of drug-likeness (QED) is 0.689. The predicted octanol–water partition coefficient (Wildman–Crippen LogP) is 0.369. The molecule has 1 aliphatic carbocycles. The molecule has 1 aromatic carbocycles. The zero-order valence-electron chi connectivity index (χ0n) is 9.17. The van der Waals surface area contributed by atoms with E-state index in [2.05, 4.69) is 21.8 Å². The van der Waals surface area contributed by atoms with Gasteiger partial charge in [0.1, 0.15) is 0 Å². The molecule has 0 saturated heterocycles. The van der Waals surface area contributed by atoms with Crippen molar-refractivity contribution in [3.8, 4) is 0 Å². The Labute approximate surface area is 108 Å². The van der Waals surface area contributed by atoms with Gasteiger partial charge in [-0.2, -0.15) is 0 Å². The van der Waals surface area contributed by atoms with Gasteiger partial charge in [-0.3, -0.25) is 0 Å². The Bertz CT molecular complexity index is 585. The SMILES string of the molecule is OC1Cc2nc3ccccc3c([As])c2C(O)C1. The first-order chi connectivity index (χ1) is 8.16. The van der Waals surface area contributed by atoms with Gasteiger partial charge in [0, 0.05) is 0 Å². The molecule has 2 N–H and O–H groups in total. The molecule has 0 spiro atoms. The number of aliphatic hydroxyl groups excluding tert-OH is 2. The number of fused-ring (bicyclic) bond motifs is 2. The molecule has 0 amide bonds. The first-order valence-electron chi connectivity index (χ1n) is 5.63. The van der Waals surface area contributed by atoms with E-state index in [-0.39, 0.29) is 0 Å². The fourth-order valence-corrected chi connectivity index (χ4v) is 3.43. The molecular weight excluding hydrogens is 277 g/mol. The normalized spacial score (nSPS) is 23.7. The summed E-state index contributed by atoms with van der Waals surface area (Å²) in [6.07, 6.45) is -0.165. The van der Waals surface area contributed by atoms with Crippen LogP contribution in [0.4, 0.5) is 0 Å². The predicted molar refractivity (Wildman–Crippen MR) is 66.4 cm³/mol. The van der Waals surface area contributed by atoms with Crippen molar-refractivity contribution in [3.63, 3.8) is 0 Å². The summed E-state index contributed by atoms with van der Waals surface area (Å²) in [5.74, 6) is 0. The first kappa shape index (κ1) is 11.2. The second kappa shape index (κ2) is 4.09. The topological polar surface area (TPSA) is 53.4 Å². The van der Waals surface area contributed by atoms with Crippen molar-refractivity contribution in [2.45, 2.75) is 25.0 Å². The van der Waals surface area contributed by atoms with Gasteiger partial charge in [-0.15, -0.1) is 0 Å². The molecule has 17 heavy (non-hydrogen) atoms. The number of hydrogen-bond acceptors (Lipinski definition) is 3. The summed E-state index contributed by atoms with van der Waals surface area (Å²) in [7, 11) is 0. The van der Waals surface area contributed by atoms with E-state index < -0.39 is 12.2 Å². The molecule has 86 valence electrons. The van der Waals surface area contributed by atoms with Crippen LogP contribution in [0.2, 0.25) is 0 Å². The van der Waals surface area contributed by atoms with Gasteiger partial charge < -0.3 is 0 Å². The Hall–Kier alpha value is -0.892. The van der Waals surface area contributed by atoms with Crippen molar-refractivity contribution in [3.05, 3.63) is 35.5 Å². The van der Waals surface area contributed by atoms with Crippen molar-refractivity contribution >= 4 is 32.1 Å². The third kappa shape index (κ3) is 1.79. The summed E-state index contributed by atoms with van der Waals surface area (Å²) >= 11 is 2.53. The second-order valence-corrected chi connectivity index (χ2v) is 5.39. The fraction of sp³-hybridized carbons (Fsp3) is 0.308. The molecule has 1 aromatic heterocycles. The molecule has 0 bridgehead atoms. The van der Waals surface area contributed by atoms with Crippen LogP contribution in [0.5, 0.6) is 0 Å². The van der Waals surface area contributed by atoms with Gasteiger partial charge in [0.05, 0.1) is 0 Å². The Balaban J connectivity index is 2.31. The number of pyridine rings is 1. The van der Waals surface area contributed by atoms with E-state index >= 15 is 0 Å². The fourth-order valence-electron chi connectivity index (χ4n) is 2.45. The summed E-state index contributed by atoms with van der Waals surface area (Å²) in [4.78, 5) is 4.55. The van der Waals surface area contributed by atoms with E-state index in [1.54, 1.807) is 0 Å². The Morgan fingerprint density at radius 2 is 2.00 bits per heavy atom. The van der Waals surface area contributed by atoms with Crippen LogP contribution in [0.25, 0.3) is 10.9 Å². The van der Waals surface area contributed by atoms with Crippen LogP contribution in [-0.2, 0) is 6.42 Å². The zero-order valence-corrected chi connectivity index (χ0v) is 11.0. The van der Waals surface area contributed by atoms with Crippen LogP contribution < -0.4 is 4.35 Å². The van der Waals surface area contributed by atoms with Gasteiger partial charge in [0.15, 0.2) is 0 Å². The number of aliphatic hydroxyl groups is 2. The molecule has 3 nitrogen and oxygen atoms in total. The molecule has 2 aromatic rings. The second-order valence-electron chi connectivity index (χ2n) is 4.45. The summed E-state index contributed by atoms with van der Waals surface area (Å²) in [5, 5.41) is 20.8. The maximum atomic E-state index is 10.1. The van der Waals surface area contributed by atoms with E-state index in [4.69, 9.17) is 0 Å². The summed E-state index contributed by atoms with van der Waals surface area (Å²) in [5.41, 5.74) is 2.63. The van der Waals surface area contributed by atoms with Gasteiger partial charge in [0.2, 0.25) is 0 Å². The molecule has 2 radical (unpaired) electrons. The minimum atomic E-state index is -0.607. The summed E-state index contributed by atoms with van der Waals surface area (Å²) in [6.45, 7) is 0. The number of hydrogen-bond donors (Lipinski definition) is 2. The number of nitrogens with zero attached hydrogens (tertiary/aromatic N) is 1. The standard InChI is InChI=1S/C13H12AsNO2/c14-13-8-3-1-2-4-9(8)15-10-5-7(16)6-11(17)12(10)13/h1-4,7,11,16-17H,5-6H2. The van der Waals surface area contributed by atoms with Gasteiger partial charge in [-0.05, 0) is 0 Å². The van der Waals surface area contributed by atoms with Crippen LogP contribution in [0.3, 0.4) is 0 Å². The third-order valence-electron chi connectivity index (χ3n) is 3.24. The van der Waals surface area contributed by atoms with E-state index in [0.717, 1.165) is 26.5 Å². The maximum absolute atomic E-state index is 10.1. The molecule has 0 fully saturated rings. The Morgan fingerprint density at radius 3 is 2.82 bits per heavy atom. The minimum absolute atomic E-state index is 0.401. The Morgan fingerprint density at radius 1 is 1.24 bits per heavy atom. The number of para-hydroxylation sites is 1. The van der Waals surface area contributed by atoms with E-state index in [9.17, 15) is 10.2 Å². The van der Waals surface area contributed by atoms with Crippen LogP contribution in [0.1, 0.15) is 23.8 Å². The van der Waals surface area contributed by atoms with Crippen LogP contribution in [0, 0.1) is 0 Å². The molecule has 3 rings (SSSR count). The van der Waals surface area contributed by atoms with Crippen molar-refractivity contribution < 1.29 is 10.2 Å². The van der Waals surface area contributed by atoms with E-state index in [1.165, 1.54) is 0 Å². The molecule has 2 unspecified atom stereocenters. The summed E-state index contributed by atoms with van der Waals surface area (Å²) < 4.78 is 1.03. The third-order valence-corrected chi connectivity index (χ3v) is 4.25. The van der Waals surface area contributed by atoms with Gasteiger partial charge in [0.25, 0.3) is 0 Å². The molecule has 1 heterocycles. The summed E-state index contributed by atoms with van der Waals surface area (Å²) in [6, 6.07) is 7.88. The van der Waals surface area contributed by atoms with Crippen molar-refractivity contribution in [2.24, 2.45) is 0 Å². The average molecular weight is 289 g/mol. The van der Waals surface area contributed by atoms with Crippen molar-refractivity contribution in [2.75, 3.05) is 0 Å². The zero-order chi connectivity index (χ0) is 12.0. The molecule has 2 atom stereocenters. The number of benzene rings is 1. The van der Waals surface area contributed by atoms with Crippen LogP contribution in [0.15, 0.2) is 24.3 Å². The average Bonchev–Trinajstić information content (AvgIpc) is 2.28. The number of rotatable bonds is 0.